The summed E-state index contributed by atoms with van der Waals surface area (Å²) in [4.78, 5) is 14.6. The van der Waals surface area contributed by atoms with Gasteiger partial charge in [0.1, 0.15) is 17.5 Å². The Bertz CT molecular complexity index is 1120. The van der Waals surface area contributed by atoms with Crippen molar-refractivity contribution in [3.05, 3.63) is 76.3 Å². The maximum absolute atomic E-state index is 14.3. The number of aromatic nitrogens is 2. The van der Waals surface area contributed by atoms with Gasteiger partial charge in [-0.3, -0.25) is 9.48 Å². The maximum Gasteiger partial charge on any atom is 0.223 e. The molecule has 0 radical (unpaired) electrons. The number of rotatable bonds is 4. The predicted molar refractivity (Wildman–Crippen MR) is 107 cm³/mol. The van der Waals surface area contributed by atoms with Crippen molar-refractivity contribution < 1.29 is 18.0 Å². The van der Waals surface area contributed by atoms with Crippen LogP contribution in [0.5, 0.6) is 0 Å². The SMILES string of the molecule is CC1Cn2ncc(-c3ccc(F)cc3F)c2CN1C(=O)CCc1cccc(F)c1Cl. The second-order valence-electron chi connectivity index (χ2n) is 7.39. The summed E-state index contributed by atoms with van der Waals surface area (Å²) in [7, 11) is 0. The third-order valence-electron chi connectivity index (χ3n) is 5.42. The van der Waals surface area contributed by atoms with Gasteiger partial charge >= 0.3 is 0 Å². The van der Waals surface area contributed by atoms with Crippen molar-refractivity contribution in [3.8, 4) is 11.1 Å². The molecule has 0 fully saturated rings. The quantitative estimate of drug-likeness (QED) is 0.581. The second-order valence-corrected chi connectivity index (χ2v) is 7.77. The van der Waals surface area contributed by atoms with Crippen LogP contribution in [-0.4, -0.2) is 26.6 Å². The third kappa shape index (κ3) is 3.81. The van der Waals surface area contributed by atoms with Crippen molar-refractivity contribution in [1.29, 1.82) is 0 Å². The van der Waals surface area contributed by atoms with Crippen LogP contribution in [0.4, 0.5) is 13.2 Å². The number of carbonyl (C=O) groups is 1. The Morgan fingerprint density at radius 2 is 1.97 bits per heavy atom. The largest absolute Gasteiger partial charge is 0.332 e. The van der Waals surface area contributed by atoms with E-state index in [0.29, 0.717) is 29.8 Å². The van der Waals surface area contributed by atoms with Crippen LogP contribution >= 0.6 is 11.6 Å². The molecule has 1 aliphatic rings. The lowest BCUT2D eigenvalue weighted by Crippen LogP contribution is -2.45. The molecule has 2 aromatic carbocycles. The monoisotopic (exact) mass is 433 g/mol. The highest BCUT2D eigenvalue weighted by Crippen LogP contribution is 2.31. The van der Waals surface area contributed by atoms with Crippen LogP contribution in [0.1, 0.15) is 24.6 Å². The summed E-state index contributed by atoms with van der Waals surface area (Å²) in [6.07, 6.45) is 2.03. The minimum absolute atomic E-state index is 0.0316. The molecule has 0 aliphatic carbocycles. The van der Waals surface area contributed by atoms with Gasteiger partial charge in [-0.05, 0) is 37.1 Å². The molecule has 1 amide bonds. The molecule has 156 valence electrons. The molecule has 0 N–H and O–H groups in total. The van der Waals surface area contributed by atoms with Gasteiger partial charge in [-0.15, -0.1) is 0 Å². The highest BCUT2D eigenvalue weighted by atomic mass is 35.5. The summed E-state index contributed by atoms with van der Waals surface area (Å²) < 4.78 is 42.9. The van der Waals surface area contributed by atoms with Gasteiger partial charge in [0.25, 0.3) is 0 Å². The number of aryl methyl sites for hydroxylation is 1. The average molecular weight is 434 g/mol. The van der Waals surface area contributed by atoms with Gasteiger partial charge in [0.15, 0.2) is 0 Å². The fourth-order valence-corrected chi connectivity index (χ4v) is 4.01. The number of benzene rings is 2. The number of hydrogen-bond acceptors (Lipinski definition) is 2. The molecule has 1 aromatic heterocycles. The van der Waals surface area contributed by atoms with Crippen molar-refractivity contribution >= 4 is 17.5 Å². The third-order valence-corrected chi connectivity index (χ3v) is 5.84. The van der Waals surface area contributed by atoms with Crippen molar-refractivity contribution in [2.24, 2.45) is 0 Å². The molecule has 0 spiro atoms. The van der Waals surface area contributed by atoms with Crippen LogP contribution < -0.4 is 0 Å². The van der Waals surface area contributed by atoms with Gasteiger partial charge in [-0.2, -0.15) is 5.10 Å². The summed E-state index contributed by atoms with van der Waals surface area (Å²) in [6, 6.07) is 7.82. The van der Waals surface area contributed by atoms with E-state index >= 15 is 0 Å². The highest BCUT2D eigenvalue weighted by Gasteiger charge is 2.30. The Balaban J connectivity index is 1.54. The molecule has 3 aromatic rings. The van der Waals surface area contributed by atoms with Crippen molar-refractivity contribution in [1.82, 2.24) is 14.7 Å². The summed E-state index contributed by atoms with van der Waals surface area (Å²) in [6.45, 7) is 2.63. The lowest BCUT2D eigenvalue weighted by Gasteiger charge is -2.34. The Morgan fingerprint density at radius 3 is 2.73 bits per heavy atom. The number of fused-ring (bicyclic) bond motifs is 1. The molecule has 0 bridgehead atoms. The van der Waals surface area contributed by atoms with E-state index < -0.39 is 17.5 Å². The smallest absolute Gasteiger partial charge is 0.223 e. The van der Waals surface area contributed by atoms with E-state index in [9.17, 15) is 18.0 Å². The van der Waals surface area contributed by atoms with E-state index in [4.69, 9.17) is 11.6 Å². The van der Waals surface area contributed by atoms with E-state index in [0.717, 1.165) is 6.07 Å². The topological polar surface area (TPSA) is 38.1 Å². The van der Waals surface area contributed by atoms with Gasteiger partial charge in [0, 0.05) is 29.7 Å². The number of halogens is 4. The molecule has 8 heteroatoms. The maximum atomic E-state index is 14.3. The molecule has 30 heavy (non-hydrogen) atoms. The summed E-state index contributed by atoms with van der Waals surface area (Å²) in [5.41, 5.74) is 2.04. The normalized spacial score (nSPS) is 15.9. The van der Waals surface area contributed by atoms with Crippen LogP contribution in [0.25, 0.3) is 11.1 Å². The molecule has 1 atom stereocenters. The molecule has 1 aliphatic heterocycles. The minimum atomic E-state index is -0.678. The lowest BCUT2D eigenvalue weighted by molar-refractivity contribution is -0.135. The molecule has 0 saturated heterocycles. The predicted octanol–water partition coefficient (Wildman–Crippen LogP) is 4.98. The van der Waals surface area contributed by atoms with Gasteiger partial charge in [-0.25, -0.2) is 13.2 Å². The van der Waals surface area contributed by atoms with Crippen LogP contribution in [0.15, 0.2) is 42.6 Å². The number of amides is 1. The molecule has 4 nitrogen and oxygen atoms in total. The molecular weight excluding hydrogens is 415 g/mol. The summed E-state index contributed by atoms with van der Waals surface area (Å²) in [5.74, 6) is -1.95. The van der Waals surface area contributed by atoms with Crippen molar-refractivity contribution in [2.45, 2.75) is 38.9 Å². The van der Waals surface area contributed by atoms with Crippen LogP contribution in [-0.2, 0) is 24.3 Å². The Kier molecular flexibility index (Phi) is 5.56. The average Bonchev–Trinajstić information content (AvgIpc) is 3.10. The zero-order valence-electron chi connectivity index (χ0n) is 16.2. The van der Waals surface area contributed by atoms with Gasteiger partial charge in [-0.1, -0.05) is 23.7 Å². The first-order valence-electron chi connectivity index (χ1n) is 9.57. The summed E-state index contributed by atoms with van der Waals surface area (Å²) in [5, 5.41) is 4.35. The first-order chi connectivity index (χ1) is 14.3. The van der Waals surface area contributed by atoms with Crippen molar-refractivity contribution in [2.75, 3.05) is 0 Å². The highest BCUT2D eigenvalue weighted by molar-refractivity contribution is 6.31. The van der Waals surface area contributed by atoms with E-state index in [2.05, 4.69) is 5.10 Å². The molecule has 1 unspecified atom stereocenters. The van der Waals surface area contributed by atoms with Crippen LogP contribution in [0.3, 0.4) is 0 Å². The Labute approximate surface area is 176 Å². The minimum Gasteiger partial charge on any atom is -0.332 e. The summed E-state index contributed by atoms with van der Waals surface area (Å²) >= 11 is 5.98. The Hall–Kier alpha value is -2.80. The molecule has 4 rings (SSSR count). The molecule has 0 saturated carbocycles. The van der Waals surface area contributed by atoms with E-state index in [1.165, 1.54) is 18.2 Å². The van der Waals surface area contributed by atoms with Crippen molar-refractivity contribution in [3.63, 3.8) is 0 Å². The standard InChI is InChI=1S/C22H19ClF3N3O/c1-13-11-29-20(17(10-27-29)16-7-6-15(24)9-19(16)26)12-28(13)21(30)8-5-14-3-2-4-18(25)22(14)23/h2-4,6-7,9-10,13H,5,8,11-12H2,1H3. The van der Waals surface area contributed by atoms with E-state index in [1.807, 2.05) is 6.92 Å². The number of carbonyl (C=O) groups excluding carboxylic acids is 1. The van der Waals surface area contributed by atoms with E-state index in [-0.39, 0.29) is 35.5 Å². The van der Waals surface area contributed by atoms with E-state index in [1.54, 1.807) is 27.9 Å². The molecule has 2 heterocycles. The zero-order valence-corrected chi connectivity index (χ0v) is 17.0. The van der Waals surface area contributed by atoms with Gasteiger partial charge in [0.05, 0.1) is 30.0 Å². The first kappa shape index (κ1) is 20.5. The Morgan fingerprint density at radius 1 is 1.17 bits per heavy atom. The lowest BCUT2D eigenvalue weighted by atomic mass is 10.0. The fourth-order valence-electron chi connectivity index (χ4n) is 3.79. The molecular formula is C22H19ClF3N3O. The van der Waals surface area contributed by atoms with Gasteiger partial charge < -0.3 is 4.90 Å². The zero-order chi connectivity index (χ0) is 21.4. The first-order valence-corrected chi connectivity index (χ1v) is 9.95. The number of nitrogens with zero attached hydrogens (tertiary/aromatic N) is 3. The van der Waals surface area contributed by atoms with Crippen LogP contribution in [0, 0.1) is 17.5 Å². The fraction of sp³-hybridized carbons (Fsp3) is 0.273. The number of hydrogen-bond donors (Lipinski definition) is 0. The second kappa shape index (κ2) is 8.14. The van der Waals surface area contributed by atoms with Crippen LogP contribution in [0.2, 0.25) is 5.02 Å². The van der Waals surface area contributed by atoms with Gasteiger partial charge in [0.2, 0.25) is 5.91 Å².